The van der Waals surface area contributed by atoms with Crippen LogP contribution in [0.4, 0.5) is 0 Å². The molecule has 0 spiro atoms. The number of allylic oxidation sites excluding steroid dienone is 4. The summed E-state index contributed by atoms with van der Waals surface area (Å²) in [6, 6.07) is 0. The molecule has 0 amide bonds. The second-order valence-electron chi connectivity index (χ2n) is 8.92. The number of ketones is 1. The normalized spacial score (nSPS) is 51.4. The lowest BCUT2D eigenvalue weighted by molar-refractivity contribution is -0.192. The van der Waals surface area contributed by atoms with E-state index in [1.807, 2.05) is 13.0 Å². The van der Waals surface area contributed by atoms with E-state index in [1.165, 1.54) is 0 Å². The Hall–Kier alpha value is -1.46. The second-order valence-corrected chi connectivity index (χ2v) is 8.92. The fourth-order valence-corrected chi connectivity index (χ4v) is 6.68. The number of carboxylic acids is 1. The summed E-state index contributed by atoms with van der Waals surface area (Å²) in [5.41, 5.74) is -1.86. The highest BCUT2D eigenvalue weighted by molar-refractivity contribution is 6.01. The number of carbonyl (C=O) groups is 2. The first-order valence-corrected chi connectivity index (χ1v) is 9.21. The number of hydrogen-bond donors (Lipinski definition) is 3. The van der Waals surface area contributed by atoms with E-state index < -0.39 is 23.1 Å². The van der Waals surface area contributed by atoms with Gasteiger partial charge in [-0.15, -0.1) is 0 Å². The van der Waals surface area contributed by atoms with Crippen LogP contribution in [-0.4, -0.2) is 38.8 Å². The molecule has 4 aliphatic rings. The molecule has 136 valence electrons. The van der Waals surface area contributed by atoms with Crippen molar-refractivity contribution in [2.24, 2.45) is 28.6 Å². The Morgan fingerprint density at radius 3 is 2.68 bits per heavy atom. The van der Waals surface area contributed by atoms with Crippen molar-refractivity contribution in [2.45, 2.75) is 57.7 Å². The Bertz CT molecular complexity index is 709. The summed E-state index contributed by atoms with van der Waals surface area (Å²) >= 11 is 0. The number of carboxylic acid groups (broad SMARTS) is 1. The monoisotopic (exact) mass is 346 g/mol. The third-order valence-electron chi connectivity index (χ3n) is 8.00. The van der Waals surface area contributed by atoms with Gasteiger partial charge in [0.25, 0.3) is 0 Å². The van der Waals surface area contributed by atoms with E-state index in [0.29, 0.717) is 6.42 Å². The molecule has 5 heteroatoms. The zero-order valence-electron chi connectivity index (χ0n) is 14.7. The number of hydrogen-bond acceptors (Lipinski definition) is 4. The maximum Gasteiger partial charge on any atom is 0.336 e. The van der Waals surface area contributed by atoms with Crippen LogP contribution < -0.4 is 0 Å². The van der Waals surface area contributed by atoms with Gasteiger partial charge < -0.3 is 15.3 Å². The van der Waals surface area contributed by atoms with Crippen LogP contribution in [0.2, 0.25) is 0 Å². The lowest BCUT2D eigenvalue weighted by atomic mass is 9.46. The van der Waals surface area contributed by atoms with Gasteiger partial charge in [-0.25, -0.2) is 4.79 Å². The minimum atomic E-state index is -1.76. The quantitative estimate of drug-likeness (QED) is 0.676. The molecule has 0 aliphatic heterocycles. The van der Waals surface area contributed by atoms with Crippen LogP contribution >= 0.6 is 0 Å². The van der Waals surface area contributed by atoms with E-state index in [0.717, 1.165) is 18.4 Å². The minimum absolute atomic E-state index is 0.00202. The molecule has 0 radical (unpaired) electrons. The summed E-state index contributed by atoms with van der Waals surface area (Å²) in [5, 5.41) is 31.6. The number of rotatable bonds is 1. The highest BCUT2D eigenvalue weighted by Crippen LogP contribution is 2.66. The van der Waals surface area contributed by atoms with Crippen LogP contribution in [0.3, 0.4) is 0 Å². The van der Waals surface area contributed by atoms with Gasteiger partial charge in [0.2, 0.25) is 0 Å². The van der Waals surface area contributed by atoms with Gasteiger partial charge in [0.05, 0.1) is 6.10 Å². The van der Waals surface area contributed by atoms with E-state index in [2.05, 4.69) is 6.92 Å². The Kier molecular flexibility index (Phi) is 3.42. The topological polar surface area (TPSA) is 94.8 Å². The first-order chi connectivity index (χ1) is 11.6. The summed E-state index contributed by atoms with van der Waals surface area (Å²) in [6.45, 7) is 3.93. The average molecular weight is 346 g/mol. The van der Waals surface area contributed by atoms with Crippen LogP contribution in [0.5, 0.6) is 0 Å². The van der Waals surface area contributed by atoms with E-state index >= 15 is 0 Å². The first kappa shape index (κ1) is 17.0. The molecule has 3 fully saturated rings. The number of carbonyl (C=O) groups excluding carboxylic acids is 1. The van der Waals surface area contributed by atoms with Crippen molar-refractivity contribution >= 4 is 11.8 Å². The molecule has 3 saturated carbocycles. The van der Waals surface area contributed by atoms with Gasteiger partial charge >= 0.3 is 5.97 Å². The third kappa shape index (κ3) is 1.97. The Labute approximate surface area is 147 Å². The van der Waals surface area contributed by atoms with Crippen molar-refractivity contribution < 1.29 is 24.9 Å². The molecule has 25 heavy (non-hydrogen) atoms. The molecule has 4 aliphatic carbocycles. The summed E-state index contributed by atoms with van der Waals surface area (Å²) in [6.07, 6.45) is 7.37. The average Bonchev–Trinajstić information content (AvgIpc) is 2.80. The Balaban J connectivity index is 1.76. The Morgan fingerprint density at radius 1 is 1.28 bits per heavy atom. The van der Waals surface area contributed by atoms with Crippen molar-refractivity contribution in [1.29, 1.82) is 0 Å². The third-order valence-corrected chi connectivity index (χ3v) is 8.00. The highest BCUT2D eigenvalue weighted by Gasteiger charge is 2.68. The molecule has 0 aromatic carbocycles. The van der Waals surface area contributed by atoms with E-state index in [1.54, 1.807) is 12.2 Å². The zero-order chi connectivity index (χ0) is 18.2. The second kappa shape index (κ2) is 5.04. The van der Waals surface area contributed by atoms with Gasteiger partial charge in [-0.05, 0) is 56.1 Å². The smallest absolute Gasteiger partial charge is 0.336 e. The lowest BCUT2D eigenvalue weighted by Crippen LogP contribution is -2.61. The zero-order valence-corrected chi connectivity index (χ0v) is 14.7. The van der Waals surface area contributed by atoms with Crippen LogP contribution in [0.25, 0.3) is 0 Å². The van der Waals surface area contributed by atoms with Crippen molar-refractivity contribution in [3.8, 4) is 0 Å². The van der Waals surface area contributed by atoms with Gasteiger partial charge in [0, 0.05) is 16.7 Å². The van der Waals surface area contributed by atoms with Crippen LogP contribution in [0.1, 0.15) is 46.0 Å². The van der Waals surface area contributed by atoms with Crippen molar-refractivity contribution in [3.05, 3.63) is 23.8 Å². The number of aliphatic hydroxyl groups excluding tert-OH is 1. The van der Waals surface area contributed by atoms with Crippen LogP contribution in [0, 0.1) is 28.6 Å². The number of aliphatic carboxylic acids is 1. The van der Waals surface area contributed by atoms with Gasteiger partial charge in [-0.2, -0.15) is 0 Å². The van der Waals surface area contributed by atoms with Gasteiger partial charge in [-0.3, -0.25) is 4.79 Å². The number of fused-ring (bicyclic) bond motifs is 5. The van der Waals surface area contributed by atoms with E-state index in [9.17, 15) is 24.9 Å². The van der Waals surface area contributed by atoms with Gasteiger partial charge in [0.1, 0.15) is 0 Å². The van der Waals surface area contributed by atoms with Crippen LogP contribution in [-0.2, 0) is 9.59 Å². The molecule has 5 nitrogen and oxygen atoms in total. The molecular formula is C20H26O5. The summed E-state index contributed by atoms with van der Waals surface area (Å²) < 4.78 is 0. The van der Waals surface area contributed by atoms with Gasteiger partial charge in [0.15, 0.2) is 11.4 Å². The molecular weight excluding hydrogens is 320 g/mol. The fourth-order valence-electron chi connectivity index (χ4n) is 6.68. The predicted octanol–water partition coefficient (Wildman–Crippen LogP) is 2.08. The molecule has 0 heterocycles. The molecule has 7 atom stereocenters. The first-order valence-electron chi connectivity index (χ1n) is 9.21. The number of aliphatic hydroxyl groups is 2. The standard InChI is InChI=1S/C20H26O5/c1-18-7-5-12(21)9-11(18)3-4-13-14-6-8-20(25,17(23)24)19(14,2)10-15(22)16(13)18/h5,7,9,13-16,22,25H,3-4,6,8,10H2,1-2H3,(H,23,24)/t13-,14+,15-,16-,18+,19+,20+/m1/s1. The summed E-state index contributed by atoms with van der Waals surface area (Å²) in [4.78, 5) is 23.6. The molecule has 0 saturated heterocycles. The van der Waals surface area contributed by atoms with Crippen molar-refractivity contribution in [3.63, 3.8) is 0 Å². The fraction of sp³-hybridized carbons (Fsp3) is 0.700. The maximum atomic E-state index is 11.8. The Morgan fingerprint density at radius 2 is 2.00 bits per heavy atom. The summed E-state index contributed by atoms with van der Waals surface area (Å²) in [7, 11) is 0. The lowest BCUT2D eigenvalue weighted by Gasteiger charge is -2.59. The molecule has 0 aromatic rings. The molecule has 3 N–H and O–H groups in total. The SMILES string of the molecule is C[C@]12C=CC(=O)C=C1CC[C@H]1[C@@H]2[C@H](O)C[C@@]2(C)[C@H]1CC[C@]2(O)C(=O)O. The van der Waals surface area contributed by atoms with Crippen LogP contribution in [0.15, 0.2) is 23.8 Å². The molecule has 0 unspecified atom stereocenters. The highest BCUT2D eigenvalue weighted by atomic mass is 16.4. The van der Waals surface area contributed by atoms with Gasteiger partial charge in [-0.1, -0.05) is 25.5 Å². The predicted molar refractivity (Wildman–Crippen MR) is 90.6 cm³/mol. The van der Waals surface area contributed by atoms with E-state index in [4.69, 9.17) is 0 Å². The maximum absolute atomic E-state index is 11.8. The largest absolute Gasteiger partial charge is 0.479 e. The summed E-state index contributed by atoms with van der Waals surface area (Å²) in [5.74, 6) is -0.976. The van der Waals surface area contributed by atoms with E-state index in [-0.39, 0.29) is 41.8 Å². The minimum Gasteiger partial charge on any atom is -0.479 e. The van der Waals surface area contributed by atoms with Crippen molar-refractivity contribution in [2.75, 3.05) is 0 Å². The molecule has 4 rings (SSSR count). The van der Waals surface area contributed by atoms with Crippen molar-refractivity contribution in [1.82, 2.24) is 0 Å². The molecule has 0 aromatic heterocycles. The molecule has 0 bridgehead atoms.